The van der Waals surface area contributed by atoms with Gasteiger partial charge < -0.3 is 5.73 Å². The Morgan fingerprint density at radius 2 is 1.65 bits per heavy atom. The molecule has 0 aliphatic heterocycles. The van der Waals surface area contributed by atoms with Crippen molar-refractivity contribution in [3.05, 3.63) is 0 Å². The predicted molar refractivity (Wildman–Crippen MR) is 74.0 cm³/mol. The number of hydrogen-bond acceptors (Lipinski definition) is 2. The van der Waals surface area contributed by atoms with Gasteiger partial charge in [-0.25, -0.2) is 0 Å². The summed E-state index contributed by atoms with van der Waals surface area (Å²) in [6, 6.07) is 0.838. The summed E-state index contributed by atoms with van der Waals surface area (Å²) < 4.78 is 0. The molecule has 0 aromatic heterocycles. The van der Waals surface area contributed by atoms with Gasteiger partial charge in [-0.2, -0.15) is 0 Å². The summed E-state index contributed by atoms with van der Waals surface area (Å²) in [4.78, 5) is 2.62. The zero-order valence-corrected chi connectivity index (χ0v) is 12.1. The van der Waals surface area contributed by atoms with Gasteiger partial charge in [0, 0.05) is 18.1 Å². The first kappa shape index (κ1) is 13.4. The Balaban J connectivity index is 1.99. The minimum Gasteiger partial charge on any atom is -0.329 e. The third-order valence-corrected chi connectivity index (χ3v) is 5.36. The van der Waals surface area contributed by atoms with E-state index in [9.17, 15) is 0 Å². The molecule has 2 N–H and O–H groups in total. The van der Waals surface area contributed by atoms with Gasteiger partial charge in [0.2, 0.25) is 0 Å². The van der Waals surface area contributed by atoms with E-state index >= 15 is 0 Å². The van der Waals surface area contributed by atoms with Crippen LogP contribution in [0.15, 0.2) is 0 Å². The molecule has 0 radical (unpaired) electrons. The maximum atomic E-state index is 6.12. The fourth-order valence-corrected chi connectivity index (χ4v) is 3.57. The molecule has 2 fully saturated rings. The van der Waals surface area contributed by atoms with Gasteiger partial charge in [0.1, 0.15) is 0 Å². The summed E-state index contributed by atoms with van der Waals surface area (Å²) in [5, 5.41) is 0. The number of nitrogens with two attached hydrogens (primary N) is 1. The SMILES string of the molecule is CN(C1CC1)C1(CN)CCC(C(C)(C)C)CC1. The van der Waals surface area contributed by atoms with E-state index in [2.05, 4.69) is 32.7 Å². The van der Waals surface area contributed by atoms with Gasteiger partial charge in [-0.1, -0.05) is 20.8 Å². The molecular weight excluding hydrogens is 208 g/mol. The molecule has 0 bridgehead atoms. The lowest BCUT2D eigenvalue weighted by Crippen LogP contribution is -2.55. The lowest BCUT2D eigenvalue weighted by Gasteiger charge is -2.48. The lowest BCUT2D eigenvalue weighted by atomic mass is 9.67. The summed E-state index contributed by atoms with van der Waals surface area (Å²) in [6.07, 6.45) is 8.11. The average Bonchev–Trinajstić information content (AvgIpc) is 3.10. The molecular formula is C15H30N2. The van der Waals surface area contributed by atoms with Crippen LogP contribution in [0.3, 0.4) is 0 Å². The van der Waals surface area contributed by atoms with Crippen molar-refractivity contribution < 1.29 is 0 Å². The minimum absolute atomic E-state index is 0.322. The fourth-order valence-electron chi connectivity index (χ4n) is 3.57. The van der Waals surface area contributed by atoms with Crippen molar-refractivity contribution in [1.29, 1.82) is 0 Å². The normalized spacial score (nSPS) is 35.3. The largest absolute Gasteiger partial charge is 0.329 e. The second-order valence-electron chi connectivity index (χ2n) is 7.41. The van der Waals surface area contributed by atoms with Gasteiger partial charge in [0.25, 0.3) is 0 Å². The Morgan fingerprint density at radius 3 is 2.00 bits per heavy atom. The molecule has 2 saturated carbocycles. The number of hydrogen-bond donors (Lipinski definition) is 1. The van der Waals surface area contributed by atoms with Crippen molar-refractivity contribution in [2.45, 2.75) is 70.9 Å². The summed E-state index contributed by atoms with van der Waals surface area (Å²) >= 11 is 0. The topological polar surface area (TPSA) is 29.3 Å². The molecule has 0 heterocycles. The van der Waals surface area contributed by atoms with E-state index in [1.54, 1.807) is 0 Å². The van der Waals surface area contributed by atoms with Crippen LogP contribution < -0.4 is 5.73 Å². The van der Waals surface area contributed by atoms with Gasteiger partial charge in [0.05, 0.1) is 0 Å². The second-order valence-corrected chi connectivity index (χ2v) is 7.41. The summed E-state index contributed by atoms with van der Waals surface area (Å²) in [7, 11) is 2.31. The summed E-state index contributed by atoms with van der Waals surface area (Å²) in [5.74, 6) is 0.884. The van der Waals surface area contributed by atoms with E-state index in [1.807, 2.05) is 0 Å². The van der Waals surface area contributed by atoms with Gasteiger partial charge in [-0.15, -0.1) is 0 Å². The van der Waals surface area contributed by atoms with Crippen LogP contribution in [-0.2, 0) is 0 Å². The highest BCUT2D eigenvalue weighted by atomic mass is 15.2. The Kier molecular flexibility index (Phi) is 3.57. The smallest absolute Gasteiger partial charge is 0.0331 e. The van der Waals surface area contributed by atoms with Crippen LogP contribution in [0.25, 0.3) is 0 Å². The molecule has 2 aliphatic carbocycles. The van der Waals surface area contributed by atoms with Crippen LogP contribution >= 0.6 is 0 Å². The number of nitrogens with zero attached hydrogens (tertiary/aromatic N) is 1. The maximum absolute atomic E-state index is 6.12. The zero-order valence-electron chi connectivity index (χ0n) is 12.1. The van der Waals surface area contributed by atoms with Crippen molar-refractivity contribution in [2.24, 2.45) is 17.1 Å². The van der Waals surface area contributed by atoms with Gasteiger partial charge >= 0.3 is 0 Å². The summed E-state index contributed by atoms with van der Waals surface area (Å²) in [6.45, 7) is 8.00. The fraction of sp³-hybridized carbons (Fsp3) is 1.00. The molecule has 0 saturated heterocycles. The quantitative estimate of drug-likeness (QED) is 0.819. The molecule has 2 nitrogen and oxygen atoms in total. The second kappa shape index (κ2) is 4.55. The van der Waals surface area contributed by atoms with Crippen LogP contribution in [0.1, 0.15) is 59.3 Å². The van der Waals surface area contributed by atoms with Crippen LogP contribution in [0.5, 0.6) is 0 Å². The van der Waals surface area contributed by atoms with Crippen LogP contribution in [0, 0.1) is 11.3 Å². The highest BCUT2D eigenvalue weighted by molar-refractivity contribution is 5.01. The van der Waals surface area contributed by atoms with E-state index in [1.165, 1.54) is 38.5 Å². The molecule has 17 heavy (non-hydrogen) atoms. The van der Waals surface area contributed by atoms with Crippen LogP contribution in [0.4, 0.5) is 0 Å². The third kappa shape index (κ3) is 2.68. The molecule has 2 aliphatic rings. The lowest BCUT2D eigenvalue weighted by molar-refractivity contribution is 0.0332. The molecule has 100 valence electrons. The van der Waals surface area contributed by atoms with Gasteiger partial charge in [0.15, 0.2) is 0 Å². The maximum Gasteiger partial charge on any atom is 0.0331 e. The molecule has 0 spiro atoms. The molecule has 0 unspecified atom stereocenters. The molecule has 0 aromatic carbocycles. The number of likely N-dealkylation sites (N-methyl/N-ethyl adjacent to an activating group) is 1. The molecule has 2 rings (SSSR count). The minimum atomic E-state index is 0.322. The standard InChI is InChI=1S/C15H30N2/c1-14(2,3)12-7-9-15(11-16,10-8-12)17(4)13-5-6-13/h12-13H,5-11,16H2,1-4H3. The summed E-state index contributed by atoms with van der Waals surface area (Å²) in [5.41, 5.74) is 6.91. The highest BCUT2D eigenvalue weighted by Crippen LogP contribution is 2.45. The third-order valence-electron chi connectivity index (χ3n) is 5.36. The van der Waals surface area contributed by atoms with E-state index in [0.717, 1.165) is 18.5 Å². The Labute approximate surface area is 107 Å². The monoisotopic (exact) mass is 238 g/mol. The van der Waals surface area contributed by atoms with E-state index in [-0.39, 0.29) is 0 Å². The Morgan fingerprint density at radius 1 is 1.12 bits per heavy atom. The Hall–Kier alpha value is -0.0800. The van der Waals surface area contributed by atoms with Crippen molar-refractivity contribution in [3.8, 4) is 0 Å². The predicted octanol–water partition coefficient (Wildman–Crippen LogP) is 3.01. The first-order valence-electron chi connectivity index (χ1n) is 7.32. The van der Waals surface area contributed by atoms with Crippen LogP contribution in [-0.4, -0.2) is 30.1 Å². The number of rotatable bonds is 3. The van der Waals surface area contributed by atoms with Crippen molar-refractivity contribution >= 4 is 0 Å². The first-order chi connectivity index (χ1) is 7.89. The van der Waals surface area contributed by atoms with E-state index in [0.29, 0.717) is 11.0 Å². The van der Waals surface area contributed by atoms with Crippen molar-refractivity contribution in [3.63, 3.8) is 0 Å². The van der Waals surface area contributed by atoms with Crippen molar-refractivity contribution in [2.75, 3.05) is 13.6 Å². The van der Waals surface area contributed by atoms with Gasteiger partial charge in [-0.05, 0) is 56.9 Å². The molecule has 0 amide bonds. The van der Waals surface area contributed by atoms with Gasteiger partial charge in [-0.3, -0.25) is 4.90 Å². The first-order valence-corrected chi connectivity index (χ1v) is 7.32. The average molecular weight is 238 g/mol. The molecule has 2 heteroatoms. The zero-order chi connectivity index (χ0) is 12.7. The highest BCUT2D eigenvalue weighted by Gasteiger charge is 2.44. The van der Waals surface area contributed by atoms with E-state index in [4.69, 9.17) is 5.73 Å². The molecule has 0 aromatic rings. The Bertz CT molecular complexity index is 255. The van der Waals surface area contributed by atoms with Crippen molar-refractivity contribution in [1.82, 2.24) is 4.90 Å². The molecule has 0 atom stereocenters. The van der Waals surface area contributed by atoms with E-state index < -0.39 is 0 Å². The van der Waals surface area contributed by atoms with Crippen LogP contribution in [0.2, 0.25) is 0 Å².